The molecule has 138 valence electrons. The number of aromatic hydroxyl groups is 2. The number of allylic oxidation sites excluding steroid dienone is 3. The Morgan fingerprint density at radius 3 is 2.52 bits per heavy atom. The standard InChI is InChI=1S/C20H27ClO4/c1-13(2)25-11-7-5-6-8-14(3)9-10-16-19(23)17(12-22)15(4)18(21)20(16)24/h5,7,9,12-13,23-24H,6,8,10-11H2,1-4H3/b7-5+,14-9+. The van der Waals surface area contributed by atoms with E-state index >= 15 is 0 Å². The highest BCUT2D eigenvalue weighted by Crippen LogP contribution is 2.40. The minimum atomic E-state index is -0.204. The molecule has 1 aromatic carbocycles. The second kappa shape index (κ2) is 10.3. The van der Waals surface area contributed by atoms with Gasteiger partial charge in [0.1, 0.15) is 11.5 Å². The largest absolute Gasteiger partial charge is 0.507 e. The van der Waals surface area contributed by atoms with Crippen LogP contribution in [0.25, 0.3) is 0 Å². The summed E-state index contributed by atoms with van der Waals surface area (Å²) >= 11 is 6.05. The smallest absolute Gasteiger partial charge is 0.154 e. The molecule has 25 heavy (non-hydrogen) atoms. The number of phenols is 2. The van der Waals surface area contributed by atoms with Crippen molar-refractivity contribution in [1.29, 1.82) is 0 Å². The molecule has 0 heterocycles. The fraction of sp³-hybridized carbons (Fsp3) is 0.450. The fourth-order valence-electron chi connectivity index (χ4n) is 2.34. The van der Waals surface area contributed by atoms with E-state index in [-0.39, 0.29) is 33.8 Å². The first kappa shape index (κ1) is 21.3. The van der Waals surface area contributed by atoms with Gasteiger partial charge in [-0.15, -0.1) is 0 Å². The lowest BCUT2D eigenvalue weighted by Crippen LogP contribution is -2.01. The van der Waals surface area contributed by atoms with E-state index in [1.807, 2.05) is 32.9 Å². The third-order valence-electron chi connectivity index (χ3n) is 3.94. The summed E-state index contributed by atoms with van der Waals surface area (Å²) in [6, 6.07) is 0. The van der Waals surface area contributed by atoms with Crippen LogP contribution in [0.3, 0.4) is 0 Å². The Morgan fingerprint density at radius 1 is 1.24 bits per heavy atom. The maximum atomic E-state index is 11.1. The summed E-state index contributed by atoms with van der Waals surface area (Å²) in [4.78, 5) is 11.1. The number of aldehydes is 1. The molecule has 0 saturated carbocycles. The predicted molar refractivity (Wildman–Crippen MR) is 102 cm³/mol. The Kier molecular flexibility index (Phi) is 8.73. The zero-order valence-electron chi connectivity index (χ0n) is 15.3. The van der Waals surface area contributed by atoms with E-state index in [0.29, 0.717) is 24.9 Å². The second-order valence-electron chi connectivity index (χ2n) is 6.29. The number of carbonyl (C=O) groups is 1. The van der Waals surface area contributed by atoms with Crippen LogP contribution in [-0.4, -0.2) is 29.2 Å². The average Bonchev–Trinajstić information content (AvgIpc) is 2.56. The van der Waals surface area contributed by atoms with Crippen LogP contribution in [0.15, 0.2) is 23.8 Å². The van der Waals surface area contributed by atoms with Crippen LogP contribution >= 0.6 is 11.6 Å². The number of carbonyl (C=O) groups excluding carboxylic acids is 1. The van der Waals surface area contributed by atoms with Gasteiger partial charge < -0.3 is 14.9 Å². The third kappa shape index (κ3) is 6.22. The molecular weight excluding hydrogens is 340 g/mol. The third-order valence-corrected chi connectivity index (χ3v) is 4.40. The molecule has 5 heteroatoms. The monoisotopic (exact) mass is 366 g/mol. The zero-order valence-corrected chi connectivity index (χ0v) is 16.1. The highest BCUT2D eigenvalue weighted by Gasteiger charge is 2.19. The van der Waals surface area contributed by atoms with Crippen LogP contribution in [0.1, 0.15) is 55.1 Å². The van der Waals surface area contributed by atoms with Gasteiger partial charge >= 0.3 is 0 Å². The van der Waals surface area contributed by atoms with Crippen LogP contribution in [0.2, 0.25) is 5.02 Å². The molecule has 0 aliphatic rings. The van der Waals surface area contributed by atoms with E-state index in [2.05, 4.69) is 6.08 Å². The van der Waals surface area contributed by atoms with E-state index < -0.39 is 0 Å². The molecule has 0 aromatic heterocycles. The van der Waals surface area contributed by atoms with Gasteiger partial charge in [0.2, 0.25) is 0 Å². The predicted octanol–water partition coefficient (Wildman–Crippen LogP) is 5.12. The van der Waals surface area contributed by atoms with Crippen molar-refractivity contribution in [3.63, 3.8) is 0 Å². The van der Waals surface area contributed by atoms with E-state index in [1.54, 1.807) is 6.92 Å². The van der Waals surface area contributed by atoms with E-state index in [1.165, 1.54) is 0 Å². The molecule has 0 amide bonds. The van der Waals surface area contributed by atoms with Crippen molar-refractivity contribution in [2.24, 2.45) is 0 Å². The van der Waals surface area contributed by atoms with Crippen molar-refractivity contribution in [2.45, 2.75) is 53.1 Å². The number of phenolic OH excluding ortho intramolecular Hbond substituents is 2. The van der Waals surface area contributed by atoms with E-state index in [4.69, 9.17) is 16.3 Å². The molecule has 0 fully saturated rings. The van der Waals surface area contributed by atoms with Crippen molar-refractivity contribution in [3.05, 3.63) is 45.5 Å². The minimum Gasteiger partial charge on any atom is -0.507 e. The fourth-order valence-corrected chi connectivity index (χ4v) is 2.56. The Balaban J connectivity index is 2.72. The van der Waals surface area contributed by atoms with Gasteiger partial charge in [-0.1, -0.05) is 35.4 Å². The Morgan fingerprint density at radius 2 is 1.92 bits per heavy atom. The molecule has 1 rings (SSSR count). The summed E-state index contributed by atoms with van der Waals surface area (Å²) in [5, 5.41) is 20.5. The number of hydrogen-bond acceptors (Lipinski definition) is 4. The van der Waals surface area contributed by atoms with E-state index in [0.717, 1.165) is 18.4 Å². The molecule has 0 aliphatic carbocycles. The number of ether oxygens (including phenoxy) is 1. The molecule has 0 atom stereocenters. The number of halogens is 1. The highest BCUT2D eigenvalue weighted by molar-refractivity contribution is 6.33. The van der Waals surface area contributed by atoms with Crippen molar-refractivity contribution in [3.8, 4) is 11.5 Å². The maximum Gasteiger partial charge on any atom is 0.154 e. The average molecular weight is 367 g/mol. The Hall–Kier alpha value is -1.78. The molecule has 0 saturated heterocycles. The summed E-state index contributed by atoms with van der Waals surface area (Å²) in [5.74, 6) is -0.374. The van der Waals surface area contributed by atoms with Crippen LogP contribution in [0.5, 0.6) is 11.5 Å². The van der Waals surface area contributed by atoms with Crippen LogP contribution in [-0.2, 0) is 11.2 Å². The molecule has 1 aromatic rings. The van der Waals surface area contributed by atoms with Crippen molar-refractivity contribution in [2.75, 3.05) is 6.61 Å². The normalized spacial score (nSPS) is 12.3. The molecule has 4 nitrogen and oxygen atoms in total. The quantitative estimate of drug-likeness (QED) is 0.470. The second-order valence-corrected chi connectivity index (χ2v) is 6.67. The van der Waals surface area contributed by atoms with Gasteiger partial charge in [0.05, 0.1) is 23.3 Å². The first-order valence-corrected chi connectivity index (χ1v) is 8.77. The van der Waals surface area contributed by atoms with Crippen LogP contribution in [0, 0.1) is 6.92 Å². The van der Waals surface area contributed by atoms with Gasteiger partial charge in [0, 0.05) is 5.56 Å². The van der Waals surface area contributed by atoms with E-state index in [9.17, 15) is 15.0 Å². The number of rotatable bonds is 9. The lowest BCUT2D eigenvalue weighted by Gasteiger charge is -2.13. The van der Waals surface area contributed by atoms with Gasteiger partial charge in [-0.3, -0.25) is 4.79 Å². The topological polar surface area (TPSA) is 66.8 Å². The maximum absolute atomic E-state index is 11.1. The SMILES string of the molecule is C/C(=C\Cc1c(O)c(Cl)c(C)c(C=O)c1O)CC/C=C/COC(C)C. The van der Waals surface area contributed by atoms with Crippen molar-refractivity contribution in [1.82, 2.24) is 0 Å². The minimum absolute atomic E-state index is 0.106. The molecule has 0 spiro atoms. The van der Waals surface area contributed by atoms with Gasteiger partial charge in [0.25, 0.3) is 0 Å². The number of benzene rings is 1. The first-order valence-electron chi connectivity index (χ1n) is 8.39. The molecule has 0 radical (unpaired) electrons. The highest BCUT2D eigenvalue weighted by atomic mass is 35.5. The Labute approximate surface area is 154 Å². The summed E-state index contributed by atoms with van der Waals surface area (Å²) in [7, 11) is 0. The molecule has 0 bridgehead atoms. The molecule has 0 unspecified atom stereocenters. The van der Waals surface area contributed by atoms with Gasteiger partial charge in [-0.2, -0.15) is 0 Å². The zero-order chi connectivity index (χ0) is 19.0. The summed E-state index contributed by atoms with van der Waals surface area (Å²) < 4.78 is 5.43. The van der Waals surface area contributed by atoms with Crippen LogP contribution in [0.4, 0.5) is 0 Å². The van der Waals surface area contributed by atoms with Crippen molar-refractivity contribution < 1.29 is 19.7 Å². The number of hydrogen-bond donors (Lipinski definition) is 2. The van der Waals surface area contributed by atoms with Gasteiger partial charge in [-0.05, 0) is 52.5 Å². The van der Waals surface area contributed by atoms with Crippen molar-refractivity contribution >= 4 is 17.9 Å². The summed E-state index contributed by atoms with van der Waals surface area (Å²) in [6.07, 6.45) is 8.83. The summed E-state index contributed by atoms with van der Waals surface area (Å²) in [5.41, 5.74) is 1.90. The lowest BCUT2D eigenvalue weighted by atomic mass is 9.99. The molecular formula is C20H27ClO4. The first-order chi connectivity index (χ1) is 11.8. The molecule has 2 N–H and O–H groups in total. The van der Waals surface area contributed by atoms with Gasteiger partial charge in [0.15, 0.2) is 6.29 Å². The Bertz CT molecular complexity index is 660. The lowest BCUT2D eigenvalue weighted by molar-refractivity contribution is 0.102. The van der Waals surface area contributed by atoms with Crippen LogP contribution < -0.4 is 0 Å². The summed E-state index contributed by atoms with van der Waals surface area (Å²) in [6.45, 7) is 8.19. The van der Waals surface area contributed by atoms with Gasteiger partial charge in [-0.25, -0.2) is 0 Å². The molecule has 0 aliphatic heterocycles.